The van der Waals surface area contributed by atoms with Crippen LogP contribution in [0.1, 0.15) is 30.6 Å². The highest BCUT2D eigenvalue weighted by Crippen LogP contribution is 2.19. The van der Waals surface area contributed by atoms with Gasteiger partial charge in [0.25, 0.3) is 5.91 Å². The van der Waals surface area contributed by atoms with Crippen LogP contribution >= 0.6 is 11.6 Å². The Morgan fingerprint density at radius 1 is 1.45 bits per heavy atom. The molecule has 0 bridgehead atoms. The fraction of sp³-hybridized carbons (Fsp3) is 0.571. The summed E-state index contributed by atoms with van der Waals surface area (Å²) in [6, 6.07) is 1.59. The van der Waals surface area contributed by atoms with Crippen molar-refractivity contribution in [3.05, 3.63) is 22.8 Å². The molecule has 2 N–H and O–H groups in total. The van der Waals surface area contributed by atoms with Gasteiger partial charge in [-0.25, -0.2) is 4.98 Å². The van der Waals surface area contributed by atoms with Gasteiger partial charge < -0.3 is 15.4 Å². The molecular formula is C14H22ClN3O2. The summed E-state index contributed by atoms with van der Waals surface area (Å²) in [7, 11) is 1.72. The monoisotopic (exact) mass is 299 g/mol. The number of hydrogen-bond acceptors (Lipinski definition) is 4. The minimum atomic E-state index is -0.200. The van der Waals surface area contributed by atoms with E-state index >= 15 is 0 Å². The lowest BCUT2D eigenvalue weighted by Crippen LogP contribution is -2.27. The Hall–Kier alpha value is -1.33. The smallest absolute Gasteiger partial charge is 0.252 e. The van der Waals surface area contributed by atoms with Crippen LogP contribution in [0.2, 0.25) is 5.02 Å². The summed E-state index contributed by atoms with van der Waals surface area (Å²) in [5.41, 5.74) is 0.441. The summed E-state index contributed by atoms with van der Waals surface area (Å²) in [4.78, 5) is 15.9. The lowest BCUT2D eigenvalue weighted by molar-refractivity contribution is 0.0905. The summed E-state index contributed by atoms with van der Waals surface area (Å²) >= 11 is 5.98. The highest BCUT2D eigenvalue weighted by atomic mass is 35.5. The van der Waals surface area contributed by atoms with Crippen LogP contribution in [0.5, 0.6) is 0 Å². The molecule has 0 aliphatic heterocycles. The van der Waals surface area contributed by atoms with Crippen LogP contribution in [0.4, 0.5) is 5.82 Å². The molecule has 20 heavy (non-hydrogen) atoms. The third-order valence-electron chi connectivity index (χ3n) is 2.71. The molecular weight excluding hydrogens is 278 g/mol. The number of carbonyl (C=O) groups excluding carboxylic acids is 1. The number of aromatic nitrogens is 1. The zero-order valence-corrected chi connectivity index (χ0v) is 13.0. The summed E-state index contributed by atoms with van der Waals surface area (Å²) in [5, 5.41) is 6.04. The number of nitrogens with zero attached hydrogens (tertiary/aromatic N) is 1. The number of pyridine rings is 1. The van der Waals surface area contributed by atoms with Crippen molar-refractivity contribution >= 4 is 23.3 Å². The molecule has 0 atom stereocenters. The first-order valence-corrected chi connectivity index (χ1v) is 7.11. The van der Waals surface area contributed by atoms with Crippen LogP contribution in [0.15, 0.2) is 12.3 Å². The van der Waals surface area contributed by atoms with Gasteiger partial charge in [0.1, 0.15) is 5.82 Å². The summed E-state index contributed by atoms with van der Waals surface area (Å²) in [6.45, 7) is 6.00. The normalized spacial score (nSPS) is 10.7. The Balaban J connectivity index is 2.31. The van der Waals surface area contributed by atoms with Gasteiger partial charge in [-0.1, -0.05) is 25.4 Å². The number of carbonyl (C=O) groups is 1. The molecule has 0 aliphatic carbocycles. The highest BCUT2D eigenvalue weighted by Gasteiger charge is 2.08. The van der Waals surface area contributed by atoms with Crippen LogP contribution in [0.3, 0.4) is 0 Å². The minimum absolute atomic E-state index is 0.200. The Bertz CT molecular complexity index is 438. The zero-order chi connectivity index (χ0) is 15.0. The van der Waals surface area contributed by atoms with Gasteiger partial charge in [-0.05, 0) is 18.4 Å². The molecule has 1 amide bonds. The molecule has 1 aromatic rings. The Morgan fingerprint density at radius 3 is 2.80 bits per heavy atom. The minimum Gasteiger partial charge on any atom is -0.380 e. The number of rotatable bonds is 8. The number of hydrogen-bond donors (Lipinski definition) is 2. The lowest BCUT2D eigenvalue weighted by atomic mass is 10.1. The quantitative estimate of drug-likeness (QED) is 0.724. The van der Waals surface area contributed by atoms with E-state index in [1.165, 1.54) is 6.20 Å². The molecule has 5 nitrogen and oxygen atoms in total. The van der Waals surface area contributed by atoms with Crippen LogP contribution in [0.25, 0.3) is 0 Å². The van der Waals surface area contributed by atoms with Crippen molar-refractivity contribution in [3.63, 3.8) is 0 Å². The molecule has 0 aliphatic rings. The number of halogens is 1. The maximum Gasteiger partial charge on any atom is 0.252 e. The number of nitrogens with one attached hydrogen (secondary N) is 2. The van der Waals surface area contributed by atoms with Crippen LogP contribution < -0.4 is 10.6 Å². The van der Waals surface area contributed by atoms with Gasteiger partial charge in [0.05, 0.1) is 17.2 Å². The van der Waals surface area contributed by atoms with Crippen molar-refractivity contribution in [1.82, 2.24) is 10.3 Å². The molecule has 1 heterocycles. The molecule has 0 unspecified atom stereocenters. The molecule has 6 heteroatoms. The van der Waals surface area contributed by atoms with E-state index in [0.29, 0.717) is 35.5 Å². The van der Waals surface area contributed by atoms with E-state index in [2.05, 4.69) is 29.5 Å². The van der Waals surface area contributed by atoms with E-state index in [4.69, 9.17) is 16.3 Å². The van der Waals surface area contributed by atoms with Crippen molar-refractivity contribution in [3.8, 4) is 0 Å². The van der Waals surface area contributed by atoms with Crippen molar-refractivity contribution < 1.29 is 9.53 Å². The predicted octanol–water partition coefficient (Wildman–Crippen LogP) is 2.57. The van der Waals surface area contributed by atoms with Gasteiger partial charge in [-0.15, -0.1) is 0 Å². The number of ether oxygens (including phenoxy) is 1. The number of anilines is 1. The van der Waals surface area contributed by atoms with Gasteiger partial charge in [0, 0.05) is 26.4 Å². The van der Waals surface area contributed by atoms with Gasteiger partial charge in [0.2, 0.25) is 0 Å². The molecule has 0 saturated carbocycles. The molecule has 1 aromatic heterocycles. The van der Waals surface area contributed by atoms with E-state index in [9.17, 15) is 4.79 Å². The SMILES string of the molecule is CNc1ncc(C(=O)NCCOCCC(C)C)cc1Cl. The maximum absolute atomic E-state index is 11.9. The average Bonchev–Trinajstić information content (AvgIpc) is 2.42. The summed E-state index contributed by atoms with van der Waals surface area (Å²) < 4.78 is 5.42. The van der Waals surface area contributed by atoms with Crippen molar-refractivity contribution in [2.24, 2.45) is 5.92 Å². The first-order chi connectivity index (χ1) is 9.54. The van der Waals surface area contributed by atoms with Crippen molar-refractivity contribution in [1.29, 1.82) is 0 Å². The van der Waals surface area contributed by atoms with Gasteiger partial charge >= 0.3 is 0 Å². The third kappa shape index (κ3) is 5.75. The first-order valence-electron chi connectivity index (χ1n) is 6.73. The first kappa shape index (κ1) is 16.7. The van der Waals surface area contributed by atoms with Gasteiger partial charge in [-0.3, -0.25) is 4.79 Å². The molecule has 0 aromatic carbocycles. The predicted molar refractivity (Wildman–Crippen MR) is 81.4 cm³/mol. The fourth-order valence-corrected chi connectivity index (χ4v) is 1.77. The lowest BCUT2D eigenvalue weighted by Gasteiger charge is -2.08. The second-order valence-electron chi connectivity index (χ2n) is 4.86. The summed E-state index contributed by atoms with van der Waals surface area (Å²) in [6.07, 6.45) is 2.52. The second-order valence-corrected chi connectivity index (χ2v) is 5.26. The van der Waals surface area contributed by atoms with Crippen LogP contribution in [-0.4, -0.2) is 37.7 Å². The van der Waals surface area contributed by atoms with Crippen molar-refractivity contribution in [2.45, 2.75) is 20.3 Å². The number of amides is 1. The van der Waals surface area contributed by atoms with Gasteiger partial charge in [-0.2, -0.15) is 0 Å². The molecule has 0 radical (unpaired) electrons. The van der Waals surface area contributed by atoms with E-state index in [1.54, 1.807) is 13.1 Å². The van der Waals surface area contributed by atoms with E-state index in [0.717, 1.165) is 13.0 Å². The van der Waals surface area contributed by atoms with E-state index in [1.807, 2.05) is 0 Å². The molecule has 0 spiro atoms. The Morgan fingerprint density at radius 2 is 2.20 bits per heavy atom. The molecule has 0 saturated heterocycles. The average molecular weight is 300 g/mol. The maximum atomic E-state index is 11.9. The van der Waals surface area contributed by atoms with E-state index < -0.39 is 0 Å². The zero-order valence-electron chi connectivity index (χ0n) is 12.2. The van der Waals surface area contributed by atoms with E-state index in [-0.39, 0.29) is 5.91 Å². The van der Waals surface area contributed by atoms with Gasteiger partial charge in [0.15, 0.2) is 0 Å². The standard InChI is InChI=1S/C14H22ClN3O2/c1-10(2)4-6-20-7-5-17-14(19)11-8-12(15)13(16-3)18-9-11/h8-10H,4-7H2,1-3H3,(H,16,18)(H,17,19). The molecule has 0 fully saturated rings. The van der Waals surface area contributed by atoms with Crippen LogP contribution in [-0.2, 0) is 4.74 Å². The fourth-order valence-electron chi connectivity index (χ4n) is 1.51. The second kappa shape index (κ2) is 8.76. The summed E-state index contributed by atoms with van der Waals surface area (Å²) in [5.74, 6) is 0.984. The Labute approximate surface area is 125 Å². The Kier molecular flexibility index (Phi) is 7.33. The highest BCUT2D eigenvalue weighted by molar-refractivity contribution is 6.33. The van der Waals surface area contributed by atoms with Crippen LogP contribution in [0, 0.1) is 5.92 Å². The third-order valence-corrected chi connectivity index (χ3v) is 3.00. The van der Waals surface area contributed by atoms with Crippen molar-refractivity contribution in [2.75, 3.05) is 32.1 Å². The molecule has 1 rings (SSSR count). The molecule has 112 valence electrons. The largest absolute Gasteiger partial charge is 0.380 e. The topological polar surface area (TPSA) is 63.2 Å².